The molecule has 0 aliphatic rings. The molecule has 2 aromatic heterocycles. The number of carbonyl (C=O) groups excluding carboxylic acids is 1. The first-order chi connectivity index (χ1) is 16.9. The highest BCUT2D eigenvalue weighted by Gasteiger charge is 2.22. The molecular weight excluding hydrogens is 483 g/mol. The van der Waals surface area contributed by atoms with E-state index in [9.17, 15) is 9.18 Å². The van der Waals surface area contributed by atoms with Crippen LogP contribution in [-0.4, -0.2) is 44.5 Å². The zero-order valence-electron chi connectivity index (χ0n) is 18.4. The number of nitrogens with zero attached hydrogens (tertiary/aromatic N) is 6. The maximum atomic E-state index is 13.2. The van der Waals surface area contributed by atoms with Crippen molar-refractivity contribution in [2.24, 2.45) is 5.10 Å². The number of nitrogens with one attached hydrogen (secondary N) is 1. The Balaban J connectivity index is 1.44. The molecule has 0 spiro atoms. The van der Waals surface area contributed by atoms with Gasteiger partial charge in [0, 0.05) is 5.56 Å². The van der Waals surface area contributed by atoms with E-state index in [2.05, 4.69) is 35.8 Å². The van der Waals surface area contributed by atoms with E-state index < -0.39 is 11.7 Å². The Morgan fingerprint density at radius 1 is 1.29 bits per heavy atom. The molecule has 0 bridgehead atoms. The van der Waals surface area contributed by atoms with Crippen molar-refractivity contribution in [2.75, 3.05) is 12.8 Å². The number of anilines is 1. The third-order valence-corrected chi connectivity index (χ3v) is 5.07. The number of hydrogen-bond acceptors (Lipinski definition) is 10. The van der Waals surface area contributed by atoms with Gasteiger partial charge in [0.15, 0.2) is 17.2 Å². The molecule has 0 aliphatic carbocycles. The lowest BCUT2D eigenvalue weighted by molar-refractivity contribution is 0.0946. The van der Waals surface area contributed by atoms with Gasteiger partial charge in [-0.3, -0.25) is 4.79 Å². The van der Waals surface area contributed by atoms with Gasteiger partial charge < -0.3 is 15.2 Å². The van der Waals surface area contributed by atoms with Crippen molar-refractivity contribution in [3.63, 3.8) is 0 Å². The second-order valence-electron chi connectivity index (χ2n) is 7.04. The molecule has 0 aliphatic heterocycles. The van der Waals surface area contributed by atoms with Crippen LogP contribution in [0.1, 0.15) is 27.3 Å². The maximum Gasteiger partial charge on any atom is 0.292 e. The summed E-state index contributed by atoms with van der Waals surface area (Å²) in [4.78, 5) is 12.7. The van der Waals surface area contributed by atoms with Crippen molar-refractivity contribution < 1.29 is 23.3 Å². The van der Waals surface area contributed by atoms with Crippen LogP contribution >= 0.6 is 11.6 Å². The van der Waals surface area contributed by atoms with Crippen LogP contribution in [0.25, 0.3) is 5.82 Å². The zero-order valence-corrected chi connectivity index (χ0v) is 19.2. The molecule has 14 heteroatoms. The summed E-state index contributed by atoms with van der Waals surface area (Å²) in [6, 6.07) is 9.10. The van der Waals surface area contributed by atoms with Gasteiger partial charge in [-0.1, -0.05) is 22.9 Å². The Labute approximate surface area is 202 Å². The quantitative estimate of drug-likeness (QED) is 0.274. The molecule has 2 aromatic carbocycles. The minimum atomic E-state index is -0.603. The fourth-order valence-corrected chi connectivity index (χ4v) is 3.22. The van der Waals surface area contributed by atoms with Gasteiger partial charge in [0.25, 0.3) is 5.91 Å². The minimum absolute atomic E-state index is 0.0296. The molecule has 0 atom stereocenters. The predicted molar refractivity (Wildman–Crippen MR) is 122 cm³/mol. The number of methoxy groups -OCH3 is 1. The fraction of sp³-hybridized carbons (Fsp3) is 0.143. The third kappa shape index (κ3) is 5.19. The average molecular weight is 501 g/mol. The molecule has 2 heterocycles. The second-order valence-corrected chi connectivity index (χ2v) is 7.45. The molecule has 0 unspecified atom stereocenters. The van der Waals surface area contributed by atoms with Crippen LogP contribution in [-0.2, 0) is 6.61 Å². The minimum Gasteiger partial charge on any atom is -0.493 e. The molecule has 180 valence electrons. The fourth-order valence-electron chi connectivity index (χ4n) is 3.00. The molecule has 12 nitrogen and oxygen atoms in total. The number of aromatic nitrogens is 5. The molecule has 0 saturated heterocycles. The van der Waals surface area contributed by atoms with Crippen LogP contribution in [0.15, 0.2) is 46.1 Å². The van der Waals surface area contributed by atoms with E-state index in [4.69, 9.17) is 26.8 Å². The lowest BCUT2D eigenvalue weighted by Gasteiger charge is -2.12. The molecule has 3 N–H and O–H groups in total. The number of ether oxygens (including phenoxy) is 2. The van der Waals surface area contributed by atoms with Gasteiger partial charge in [-0.05, 0) is 53.1 Å². The Bertz CT molecular complexity index is 1400. The Hall–Kier alpha value is -4.52. The highest BCUT2D eigenvalue weighted by molar-refractivity contribution is 6.31. The number of nitrogen functional groups attached to an aromatic ring is 1. The molecular formula is C21H18ClFN8O4. The van der Waals surface area contributed by atoms with Crippen molar-refractivity contribution in [1.29, 1.82) is 0 Å². The molecule has 35 heavy (non-hydrogen) atoms. The summed E-state index contributed by atoms with van der Waals surface area (Å²) in [5.74, 6) is -0.189. The van der Waals surface area contributed by atoms with Crippen LogP contribution in [0.4, 0.5) is 10.2 Å². The van der Waals surface area contributed by atoms with Gasteiger partial charge >= 0.3 is 0 Å². The maximum absolute atomic E-state index is 13.2. The standard InChI is InChI=1S/C21H18ClFN8O4/c1-11-18(31(30-26-11)20-19(24)28-35-29-20)21(32)27-25-9-12-3-6-16(17(7-12)33-2)34-10-13-4-5-14(23)8-15(13)22/h3-9H,10H2,1-2H3,(H2,24,28)(H,27,32). The second kappa shape index (κ2) is 10.2. The third-order valence-electron chi connectivity index (χ3n) is 4.72. The van der Waals surface area contributed by atoms with Crippen molar-refractivity contribution in [1.82, 2.24) is 30.7 Å². The number of benzene rings is 2. The van der Waals surface area contributed by atoms with E-state index in [1.807, 2.05) is 0 Å². The van der Waals surface area contributed by atoms with Gasteiger partial charge in [0.05, 0.1) is 24.0 Å². The number of hydrogen-bond donors (Lipinski definition) is 2. The van der Waals surface area contributed by atoms with Crippen molar-refractivity contribution in [3.05, 3.63) is 69.8 Å². The summed E-state index contributed by atoms with van der Waals surface area (Å²) < 4.78 is 30.0. The number of rotatable bonds is 8. The van der Waals surface area contributed by atoms with Crippen molar-refractivity contribution >= 4 is 29.5 Å². The first-order valence-electron chi connectivity index (χ1n) is 9.96. The molecule has 4 aromatic rings. The van der Waals surface area contributed by atoms with Crippen LogP contribution < -0.4 is 20.6 Å². The lowest BCUT2D eigenvalue weighted by atomic mass is 10.2. The van der Waals surface area contributed by atoms with Crippen molar-refractivity contribution in [2.45, 2.75) is 13.5 Å². The van der Waals surface area contributed by atoms with Crippen LogP contribution in [0, 0.1) is 12.7 Å². The van der Waals surface area contributed by atoms with Gasteiger partial charge in [-0.2, -0.15) is 9.78 Å². The number of hydrazone groups is 1. The zero-order chi connectivity index (χ0) is 24.9. The van der Waals surface area contributed by atoms with Gasteiger partial charge in [-0.25, -0.2) is 14.4 Å². The highest BCUT2D eigenvalue weighted by atomic mass is 35.5. The Morgan fingerprint density at radius 3 is 2.83 bits per heavy atom. The molecule has 1 amide bonds. The smallest absolute Gasteiger partial charge is 0.292 e. The normalized spacial score (nSPS) is 11.1. The Kier molecular flexibility index (Phi) is 6.87. The van der Waals surface area contributed by atoms with Crippen molar-refractivity contribution in [3.8, 4) is 17.3 Å². The summed E-state index contributed by atoms with van der Waals surface area (Å²) in [7, 11) is 1.48. The van der Waals surface area contributed by atoms with Gasteiger partial charge in [0.1, 0.15) is 12.4 Å². The number of nitrogens with two attached hydrogens (primary N) is 1. The van der Waals surface area contributed by atoms with E-state index in [0.29, 0.717) is 28.3 Å². The lowest BCUT2D eigenvalue weighted by Crippen LogP contribution is -2.22. The topological polar surface area (TPSA) is 156 Å². The first-order valence-corrected chi connectivity index (χ1v) is 10.3. The summed E-state index contributed by atoms with van der Waals surface area (Å²) in [5.41, 5.74) is 9.69. The van der Waals surface area contributed by atoms with E-state index in [1.165, 1.54) is 25.5 Å². The summed E-state index contributed by atoms with van der Waals surface area (Å²) >= 11 is 6.04. The SMILES string of the molecule is COc1cc(C=NNC(=O)c2c(C)nnn2-c2nonc2N)ccc1OCc1ccc(F)cc1Cl. The monoisotopic (exact) mass is 500 g/mol. The number of halogens is 2. The first kappa shape index (κ1) is 23.6. The number of carbonyl (C=O) groups is 1. The van der Waals surface area contributed by atoms with Crippen LogP contribution in [0.5, 0.6) is 11.5 Å². The summed E-state index contributed by atoms with van der Waals surface area (Å²) in [5, 5.41) is 19.0. The highest BCUT2D eigenvalue weighted by Crippen LogP contribution is 2.29. The Morgan fingerprint density at radius 2 is 2.11 bits per heavy atom. The van der Waals surface area contributed by atoms with Gasteiger partial charge in [-0.15, -0.1) is 5.10 Å². The number of amides is 1. The number of aryl methyl sites for hydroxylation is 1. The molecule has 0 saturated carbocycles. The summed E-state index contributed by atoms with van der Waals surface area (Å²) in [6.45, 7) is 1.71. The van der Waals surface area contributed by atoms with Crippen LogP contribution in [0.2, 0.25) is 5.02 Å². The van der Waals surface area contributed by atoms with E-state index in [-0.39, 0.29) is 29.0 Å². The molecule has 0 radical (unpaired) electrons. The van der Waals surface area contributed by atoms with E-state index in [0.717, 1.165) is 4.68 Å². The predicted octanol–water partition coefficient (Wildman–Crippen LogP) is 2.68. The van der Waals surface area contributed by atoms with Crippen LogP contribution in [0.3, 0.4) is 0 Å². The van der Waals surface area contributed by atoms with Gasteiger partial charge in [0.2, 0.25) is 11.6 Å². The van der Waals surface area contributed by atoms with E-state index in [1.54, 1.807) is 31.2 Å². The largest absolute Gasteiger partial charge is 0.493 e. The molecule has 4 rings (SSSR count). The molecule has 0 fully saturated rings. The average Bonchev–Trinajstić information content (AvgIpc) is 3.43. The van der Waals surface area contributed by atoms with E-state index >= 15 is 0 Å². The summed E-state index contributed by atoms with van der Waals surface area (Å²) in [6.07, 6.45) is 1.41.